The van der Waals surface area contributed by atoms with Crippen molar-refractivity contribution in [1.82, 2.24) is 4.90 Å². The molecule has 0 rings (SSSR count). The summed E-state index contributed by atoms with van der Waals surface area (Å²) >= 11 is 0. The Morgan fingerprint density at radius 3 is 2.60 bits per heavy atom. The van der Waals surface area contributed by atoms with Crippen molar-refractivity contribution in [3.05, 3.63) is 0 Å². The van der Waals surface area contributed by atoms with Gasteiger partial charge in [-0.3, -0.25) is 4.79 Å². The number of carbonyl (C=O) groups is 2. The molecule has 0 heterocycles. The molecule has 0 aliphatic carbocycles. The average molecular weight is 219 g/mol. The lowest BCUT2D eigenvalue weighted by molar-refractivity contribution is -0.154. The van der Waals surface area contributed by atoms with Gasteiger partial charge in [0.2, 0.25) is 0 Å². The van der Waals surface area contributed by atoms with Crippen molar-refractivity contribution in [2.24, 2.45) is 5.41 Å². The molecule has 0 fully saturated rings. The van der Waals surface area contributed by atoms with Crippen LogP contribution in [-0.4, -0.2) is 42.3 Å². The maximum atomic E-state index is 11.5. The van der Waals surface area contributed by atoms with Gasteiger partial charge in [0.15, 0.2) is 0 Å². The molecule has 0 aromatic rings. The summed E-state index contributed by atoms with van der Waals surface area (Å²) in [4.78, 5) is 23.5. The van der Waals surface area contributed by atoms with E-state index >= 15 is 0 Å². The van der Waals surface area contributed by atoms with Crippen molar-refractivity contribution in [3.8, 4) is 0 Å². The van der Waals surface area contributed by atoms with Crippen molar-refractivity contribution in [1.29, 1.82) is 1.43 Å². The fourth-order valence-corrected chi connectivity index (χ4v) is 0.706. The second kappa shape index (κ2) is 5.58. The molecule has 0 unspecified atom stereocenters. The zero-order chi connectivity index (χ0) is 12.8. The summed E-state index contributed by atoms with van der Waals surface area (Å²) in [5, 5.41) is 3.75. The highest BCUT2D eigenvalue weighted by atomic mass is 16.5. The predicted octanol–water partition coefficient (Wildman–Crippen LogP) is 1.58. The van der Waals surface area contributed by atoms with E-state index in [1.165, 1.54) is 11.9 Å². The number of nitrogens with zero attached hydrogens (tertiary/aromatic N) is 1. The van der Waals surface area contributed by atoms with Crippen molar-refractivity contribution in [2.45, 2.75) is 27.2 Å². The van der Waals surface area contributed by atoms with Gasteiger partial charge in [-0.2, -0.15) is 0 Å². The van der Waals surface area contributed by atoms with Gasteiger partial charge in [-0.15, -0.1) is 0 Å². The first-order valence-electron chi connectivity index (χ1n) is 5.31. The first-order valence-corrected chi connectivity index (χ1v) is 4.90. The van der Waals surface area contributed by atoms with Gasteiger partial charge in [0.05, 0.1) is 12.0 Å². The van der Waals surface area contributed by atoms with Gasteiger partial charge in [0, 0.05) is 7.05 Å². The van der Waals surface area contributed by atoms with Crippen molar-refractivity contribution < 1.29 is 19.4 Å². The molecule has 0 saturated heterocycles. The van der Waals surface area contributed by atoms with Crippen LogP contribution in [0.2, 0.25) is 0 Å². The van der Waals surface area contributed by atoms with E-state index in [0.29, 0.717) is 6.42 Å². The van der Waals surface area contributed by atoms with Crippen molar-refractivity contribution in [2.75, 3.05) is 20.2 Å². The summed E-state index contributed by atoms with van der Waals surface area (Å²) in [7, 11) is 1.47. The number of carbonyl (C=O) groups excluding carboxylic acids is 1. The monoisotopic (exact) mass is 219 g/mol. The second-order valence-corrected chi connectivity index (χ2v) is 4.06. The molecule has 0 bridgehead atoms. The second-order valence-electron chi connectivity index (χ2n) is 4.06. The lowest BCUT2D eigenvalue weighted by Crippen LogP contribution is -2.32. The third kappa shape index (κ3) is 4.67. The Labute approximate surface area is 91.5 Å². The summed E-state index contributed by atoms with van der Waals surface area (Å²) in [6.45, 7) is 5.83. The van der Waals surface area contributed by atoms with Crippen LogP contribution in [0, 0.1) is 5.41 Å². The summed E-state index contributed by atoms with van der Waals surface area (Å²) in [6, 6.07) is 0. The quantitative estimate of drug-likeness (QED) is 0.713. The largest absolute Gasteiger partial charge is 0.465 e. The minimum absolute atomic E-state index is 0.105. The molecular weight excluding hydrogens is 198 g/mol. The van der Waals surface area contributed by atoms with Gasteiger partial charge in [-0.25, -0.2) is 4.79 Å². The van der Waals surface area contributed by atoms with E-state index in [1.54, 1.807) is 13.8 Å². The van der Waals surface area contributed by atoms with Gasteiger partial charge in [0.1, 0.15) is 6.61 Å². The lowest BCUT2D eigenvalue weighted by Gasteiger charge is -2.21. The minimum Gasteiger partial charge on any atom is -0.465 e. The summed E-state index contributed by atoms with van der Waals surface area (Å²) in [5.74, 6) is -0.289. The van der Waals surface area contributed by atoms with Crippen LogP contribution in [0.1, 0.15) is 27.2 Å². The number of carboxylic acid groups (broad SMARTS) is 1. The van der Waals surface area contributed by atoms with Crippen molar-refractivity contribution >= 4 is 12.1 Å². The standard InChI is InChI=1S/C10H19NO4/c1-5-10(2,3)8(12)15-7-6-11(4)9(13)14/h5-7H2,1-4H3,(H,13,14)/i/hT. The van der Waals surface area contributed by atoms with E-state index in [0.717, 1.165) is 0 Å². The van der Waals surface area contributed by atoms with Crippen LogP contribution >= 0.6 is 0 Å². The molecule has 0 aromatic heterocycles. The summed E-state index contributed by atoms with van der Waals surface area (Å²) < 4.78 is 11.4. The zero-order valence-electron chi connectivity index (χ0n) is 10.7. The van der Waals surface area contributed by atoms with Crippen LogP contribution in [0.25, 0.3) is 1.43 Å². The number of amides is 1. The molecule has 0 aromatic carbocycles. The highest BCUT2D eigenvalue weighted by Crippen LogP contribution is 2.21. The maximum Gasteiger partial charge on any atom is 0.407 e. The molecule has 0 radical (unpaired) electrons. The normalized spacial score (nSPS) is 11.6. The molecule has 0 atom stereocenters. The topological polar surface area (TPSA) is 66.8 Å². The number of hydrogen-bond acceptors (Lipinski definition) is 4. The summed E-state index contributed by atoms with van der Waals surface area (Å²) in [5.41, 5.74) is -0.505. The highest BCUT2D eigenvalue weighted by Gasteiger charge is 2.26. The molecule has 0 saturated carbocycles. The molecule has 15 heavy (non-hydrogen) atoms. The Bertz CT molecular complexity index is 255. The van der Waals surface area contributed by atoms with Crippen LogP contribution in [0.5, 0.6) is 0 Å². The number of likely N-dealkylation sites (N-methyl/N-ethyl adjacent to an activating group) is 1. The molecular formula is C10H19NO4. The van der Waals surface area contributed by atoms with E-state index in [4.69, 9.17) is 6.17 Å². The molecule has 0 spiro atoms. The Balaban J connectivity index is 3.91. The maximum absolute atomic E-state index is 11.5. The molecule has 88 valence electrons. The van der Waals surface area contributed by atoms with E-state index in [2.05, 4.69) is 5.11 Å². The Hall–Kier alpha value is -1.26. The van der Waals surface area contributed by atoms with Crippen LogP contribution < -0.4 is 0 Å². The van der Waals surface area contributed by atoms with E-state index < -0.39 is 11.5 Å². The van der Waals surface area contributed by atoms with Gasteiger partial charge in [-0.1, -0.05) is 6.92 Å². The van der Waals surface area contributed by atoms with Crippen LogP contribution in [0.15, 0.2) is 0 Å². The summed E-state index contributed by atoms with van der Waals surface area (Å²) in [6.07, 6.45) is -0.0815. The molecule has 5 nitrogen and oxygen atoms in total. The predicted molar refractivity (Wildman–Crippen MR) is 55.7 cm³/mol. The Morgan fingerprint density at radius 2 is 2.13 bits per heavy atom. The fraction of sp³-hybridized carbons (Fsp3) is 0.800. The van der Waals surface area contributed by atoms with E-state index in [1.807, 2.05) is 6.92 Å². The SMILES string of the molecule is [3H]OC(=O)N(C)CCOC(=O)C(C)(C)CC. The first-order chi connectivity index (χ1) is 7.35. The number of rotatable bonds is 5. The van der Waals surface area contributed by atoms with Gasteiger partial charge in [-0.05, 0) is 20.3 Å². The molecule has 1 amide bonds. The van der Waals surface area contributed by atoms with Crippen LogP contribution in [-0.2, 0) is 9.53 Å². The third-order valence-corrected chi connectivity index (χ3v) is 2.41. The minimum atomic E-state index is -0.772. The van der Waals surface area contributed by atoms with Crippen LogP contribution in [0.4, 0.5) is 4.79 Å². The fourth-order valence-electron chi connectivity index (χ4n) is 0.706. The smallest absolute Gasteiger partial charge is 0.407 e. The van der Waals surface area contributed by atoms with Gasteiger partial charge in [0.25, 0.3) is 1.43 Å². The average Bonchev–Trinajstić information content (AvgIpc) is 2.27. The molecule has 1 N–H and O–H groups in total. The van der Waals surface area contributed by atoms with E-state index in [-0.39, 0.29) is 19.1 Å². The number of esters is 1. The molecule has 5 heteroatoms. The van der Waals surface area contributed by atoms with E-state index in [9.17, 15) is 9.59 Å². The Kier molecular flexibility index (Phi) is 4.39. The van der Waals surface area contributed by atoms with Crippen LogP contribution in [0.3, 0.4) is 0 Å². The number of hydrogen-bond donors (Lipinski definition) is 1. The first kappa shape index (κ1) is 11.8. The highest BCUT2D eigenvalue weighted by molar-refractivity contribution is 5.75. The van der Waals surface area contributed by atoms with Gasteiger partial charge >= 0.3 is 12.1 Å². The Morgan fingerprint density at radius 1 is 1.53 bits per heavy atom. The van der Waals surface area contributed by atoms with Crippen molar-refractivity contribution in [3.63, 3.8) is 0 Å². The van der Waals surface area contributed by atoms with Gasteiger partial charge < -0.3 is 14.7 Å². The molecule has 0 aliphatic heterocycles. The number of ether oxygens (including phenoxy) is 1. The molecule has 0 aliphatic rings. The third-order valence-electron chi connectivity index (χ3n) is 2.41. The lowest BCUT2D eigenvalue weighted by atomic mass is 9.91. The zero-order valence-corrected chi connectivity index (χ0v) is 9.70.